The molecule has 2 saturated heterocycles. The molecule has 0 saturated carbocycles. The lowest BCUT2D eigenvalue weighted by molar-refractivity contribution is -0.138. The molecule has 146 valence electrons. The highest BCUT2D eigenvalue weighted by Gasteiger charge is 2.42. The molecular formula is C20H29N5O2. The Balaban J connectivity index is 1.56. The van der Waals surface area contributed by atoms with Crippen molar-refractivity contribution in [3.8, 4) is 0 Å². The highest BCUT2D eigenvalue weighted by molar-refractivity contribution is 5.88. The zero-order valence-electron chi connectivity index (χ0n) is 16.6. The van der Waals surface area contributed by atoms with Gasteiger partial charge in [-0.3, -0.25) is 4.79 Å². The fourth-order valence-electron chi connectivity index (χ4n) is 4.59. The van der Waals surface area contributed by atoms with Gasteiger partial charge in [-0.2, -0.15) is 4.98 Å². The maximum absolute atomic E-state index is 12.4. The lowest BCUT2D eigenvalue weighted by atomic mass is 9.73. The van der Waals surface area contributed by atoms with Crippen LogP contribution in [0.4, 0.5) is 5.82 Å². The second kappa shape index (κ2) is 7.09. The van der Waals surface area contributed by atoms with Crippen LogP contribution in [0.3, 0.4) is 0 Å². The van der Waals surface area contributed by atoms with Crippen molar-refractivity contribution < 1.29 is 9.32 Å². The number of hydrogen-bond acceptors (Lipinski definition) is 6. The zero-order valence-corrected chi connectivity index (χ0v) is 16.6. The number of likely N-dealkylation sites (tertiary alicyclic amines) is 1. The molecule has 1 unspecified atom stereocenters. The fraction of sp³-hybridized carbons (Fsp3) is 0.700. The number of rotatable bonds is 4. The molecule has 2 aliphatic heterocycles. The number of fused-ring (bicyclic) bond motifs is 1. The first-order valence-electron chi connectivity index (χ1n) is 10.1. The molecular weight excluding hydrogens is 342 g/mol. The number of amides is 1. The van der Waals surface area contributed by atoms with Gasteiger partial charge in [-0.15, -0.1) is 0 Å². The third kappa shape index (κ3) is 3.51. The SMILES string of the molecule is Cc1noc2ncnc(N3CCCC4(CCC(=O)N(CCC(C)C)C4)C3)c12. The number of hydrogen-bond donors (Lipinski definition) is 0. The van der Waals surface area contributed by atoms with E-state index in [1.807, 2.05) is 6.92 Å². The largest absolute Gasteiger partial charge is 0.355 e. The Morgan fingerprint density at radius 2 is 2.11 bits per heavy atom. The first-order chi connectivity index (χ1) is 13.0. The maximum Gasteiger partial charge on any atom is 0.263 e. The number of carbonyl (C=O) groups excluding carboxylic acids is 1. The van der Waals surface area contributed by atoms with E-state index in [2.05, 4.69) is 38.8 Å². The Morgan fingerprint density at radius 1 is 1.26 bits per heavy atom. The number of aromatic nitrogens is 3. The average molecular weight is 371 g/mol. The van der Waals surface area contributed by atoms with Gasteiger partial charge in [0.2, 0.25) is 5.91 Å². The zero-order chi connectivity index (χ0) is 19.0. The third-order valence-corrected chi connectivity index (χ3v) is 6.11. The van der Waals surface area contributed by atoms with Crippen molar-refractivity contribution in [3.05, 3.63) is 12.0 Å². The molecule has 4 rings (SSSR count). The normalized spacial score (nSPS) is 23.8. The van der Waals surface area contributed by atoms with Crippen LogP contribution in [0.15, 0.2) is 10.9 Å². The predicted octanol–water partition coefficient (Wildman–Crippen LogP) is 3.18. The van der Waals surface area contributed by atoms with E-state index in [4.69, 9.17) is 4.52 Å². The summed E-state index contributed by atoms with van der Waals surface area (Å²) in [6, 6.07) is 0. The molecule has 1 atom stereocenters. The van der Waals surface area contributed by atoms with Gasteiger partial charge in [-0.25, -0.2) is 4.98 Å². The number of piperidine rings is 2. The molecule has 27 heavy (non-hydrogen) atoms. The number of carbonyl (C=O) groups is 1. The lowest BCUT2D eigenvalue weighted by Gasteiger charge is -2.48. The average Bonchev–Trinajstić information content (AvgIpc) is 3.04. The molecule has 2 aromatic heterocycles. The fourth-order valence-corrected chi connectivity index (χ4v) is 4.59. The van der Waals surface area contributed by atoms with Crippen LogP contribution < -0.4 is 4.90 Å². The van der Waals surface area contributed by atoms with Crippen LogP contribution in [0.25, 0.3) is 11.1 Å². The molecule has 2 aromatic rings. The number of nitrogens with zero attached hydrogens (tertiary/aromatic N) is 5. The molecule has 0 radical (unpaired) electrons. The number of anilines is 1. The summed E-state index contributed by atoms with van der Waals surface area (Å²) in [6.45, 7) is 10.0. The van der Waals surface area contributed by atoms with Gasteiger partial charge < -0.3 is 14.3 Å². The van der Waals surface area contributed by atoms with E-state index in [1.54, 1.807) is 6.33 Å². The van der Waals surface area contributed by atoms with Gasteiger partial charge in [0.25, 0.3) is 5.71 Å². The van der Waals surface area contributed by atoms with E-state index in [1.165, 1.54) is 6.42 Å². The Kier molecular flexibility index (Phi) is 4.78. The summed E-state index contributed by atoms with van der Waals surface area (Å²) >= 11 is 0. The molecule has 0 aliphatic carbocycles. The topological polar surface area (TPSA) is 75.4 Å². The summed E-state index contributed by atoms with van der Waals surface area (Å²) in [4.78, 5) is 25.7. The molecule has 7 nitrogen and oxygen atoms in total. The summed E-state index contributed by atoms with van der Waals surface area (Å²) in [7, 11) is 0. The first-order valence-corrected chi connectivity index (χ1v) is 10.1. The standard InChI is InChI=1S/C20H29N5O2/c1-14(2)6-10-24-11-20(8-5-16(24)26)7-4-9-25(12-20)18-17-15(3)23-27-19(17)22-13-21-18/h13-14H,4-12H2,1-3H3. The van der Waals surface area contributed by atoms with Crippen LogP contribution in [0.5, 0.6) is 0 Å². The molecule has 1 spiro atoms. The van der Waals surface area contributed by atoms with Gasteiger partial charge in [0.1, 0.15) is 17.5 Å². The molecule has 0 N–H and O–H groups in total. The Bertz CT molecular complexity index is 833. The van der Waals surface area contributed by atoms with Crippen molar-refractivity contribution in [3.63, 3.8) is 0 Å². The molecule has 0 bridgehead atoms. The summed E-state index contributed by atoms with van der Waals surface area (Å²) in [5, 5.41) is 4.98. The van der Waals surface area contributed by atoms with Crippen LogP contribution >= 0.6 is 0 Å². The van der Waals surface area contributed by atoms with Crippen molar-refractivity contribution >= 4 is 22.8 Å². The van der Waals surface area contributed by atoms with Gasteiger partial charge in [0, 0.05) is 38.0 Å². The van der Waals surface area contributed by atoms with E-state index in [-0.39, 0.29) is 5.41 Å². The van der Waals surface area contributed by atoms with Crippen LogP contribution in [0.1, 0.15) is 51.6 Å². The molecule has 2 aliphatic rings. The first kappa shape index (κ1) is 18.2. The van der Waals surface area contributed by atoms with E-state index in [0.29, 0.717) is 24.0 Å². The Labute approximate surface area is 160 Å². The van der Waals surface area contributed by atoms with E-state index >= 15 is 0 Å². The molecule has 4 heterocycles. The smallest absolute Gasteiger partial charge is 0.263 e. The van der Waals surface area contributed by atoms with Crippen molar-refractivity contribution in [2.24, 2.45) is 11.3 Å². The number of aryl methyl sites for hydroxylation is 1. The van der Waals surface area contributed by atoms with E-state index in [9.17, 15) is 4.79 Å². The van der Waals surface area contributed by atoms with Crippen molar-refractivity contribution in [2.45, 2.75) is 52.9 Å². The monoisotopic (exact) mass is 371 g/mol. The Hall–Kier alpha value is -2.18. The molecule has 1 amide bonds. The second-order valence-electron chi connectivity index (χ2n) is 8.67. The van der Waals surface area contributed by atoms with Gasteiger partial charge in [0.15, 0.2) is 0 Å². The predicted molar refractivity (Wildman–Crippen MR) is 103 cm³/mol. The van der Waals surface area contributed by atoms with Gasteiger partial charge in [-0.05, 0) is 38.5 Å². The molecule has 2 fully saturated rings. The third-order valence-electron chi connectivity index (χ3n) is 6.11. The van der Waals surface area contributed by atoms with Crippen LogP contribution in [-0.2, 0) is 4.79 Å². The summed E-state index contributed by atoms with van der Waals surface area (Å²) < 4.78 is 5.32. The van der Waals surface area contributed by atoms with Crippen LogP contribution in [0.2, 0.25) is 0 Å². The minimum atomic E-state index is 0.158. The van der Waals surface area contributed by atoms with Gasteiger partial charge >= 0.3 is 0 Å². The van der Waals surface area contributed by atoms with Gasteiger partial charge in [0.05, 0.1) is 5.69 Å². The van der Waals surface area contributed by atoms with E-state index < -0.39 is 0 Å². The second-order valence-corrected chi connectivity index (χ2v) is 8.67. The maximum atomic E-state index is 12.4. The Morgan fingerprint density at radius 3 is 2.93 bits per heavy atom. The molecule has 0 aromatic carbocycles. The minimum absolute atomic E-state index is 0.158. The highest BCUT2D eigenvalue weighted by Crippen LogP contribution is 2.41. The summed E-state index contributed by atoms with van der Waals surface area (Å²) in [5.74, 6) is 1.85. The van der Waals surface area contributed by atoms with Crippen LogP contribution in [0, 0.1) is 18.3 Å². The summed E-state index contributed by atoms with van der Waals surface area (Å²) in [5.41, 5.74) is 1.54. The van der Waals surface area contributed by atoms with Crippen molar-refractivity contribution in [1.29, 1.82) is 0 Å². The quantitative estimate of drug-likeness (QED) is 0.822. The van der Waals surface area contributed by atoms with Crippen molar-refractivity contribution in [2.75, 3.05) is 31.1 Å². The van der Waals surface area contributed by atoms with E-state index in [0.717, 1.165) is 62.3 Å². The van der Waals surface area contributed by atoms with Crippen LogP contribution in [-0.4, -0.2) is 52.1 Å². The molecule has 7 heteroatoms. The van der Waals surface area contributed by atoms with Crippen molar-refractivity contribution in [1.82, 2.24) is 20.0 Å². The minimum Gasteiger partial charge on any atom is -0.355 e. The highest BCUT2D eigenvalue weighted by atomic mass is 16.5. The lowest BCUT2D eigenvalue weighted by Crippen LogP contribution is -2.54. The summed E-state index contributed by atoms with van der Waals surface area (Å²) in [6.07, 6.45) is 6.55. The van der Waals surface area contributed by atoms with Gasteiger partial charge in [-0.1, -0.05) is 19.0 Å².